The summed E-state index contributed by atoms with van der Waals surface area (Å²) in [5.41, 5.74) is 12.5. The molecule has 0 saturated carbocycles. The number of aryl methyl sites for hydroxylation is 4. The summed E-state index contributed by atoms with van der Waals surface area (Å²) in [4.78, 5) is 0. The Morgan fingerprint density at radius 2 is 0.941 bits per heavy atom. The van der Waals surface area contributed by atoms with Crippen molar-refractivity contribution in [1.82, 2.24) is 9.13 Å². The van der Waals surface area contributed by atoms with Gasteiger partial charge < -0.3 is 9.13 Å². The monoisotopic (exact) mass is 664 g/mol. The summed E-state index contributed by atoms with van der Waals surface area (Å²) in [5, 5.41) is 7.77. The van der Waals surface area contributed by atoms with E-state index in [0.29, 0.717) is 0 Å². The number of nitrogens with zero attached hydrogens (tertiary/aromatic N) is 2. The lowest BCUT2D eigenvalue weighted by Crippen LogP contribution is -1.94. The Labute approximate surface area is 302 Å². The van der Waals surface area contributed by atoms with Gasteiger partial charge in [0.15, 0.2) is 0 Å². The van der Waals surface area contributed by atoms with E-state index in [-0.39, 0.29) is 0 Å². The van der Waals surface area contributed by atoms with Crippen molar-refractivity contribution in [2.45, 2.75) is 41.5 Å². The molecule has 51 heavy (non-hydrogen) atoms. The number of rotatable bonds is 2. The van der Waals surface area contributed by atoms with Gasteiger partial charge in [-0.05, 0) is 78.7 Å². The maximum absolute atomic E-state index is 4.11. The highest BCUT2D eigenvalue weighted by Gasteiger charge is 2.23. The standard InChI is InChI=1S/C32H24N2.C8H10.C7H8.C2H6/c1-20(2)21-16-18-22(19-17-21)34-28-15-9-8-14-27(28)31-32(34)29-25-12-6-4-10-23(25)24-11-5-7-13-26(24)30(29)33(31)3;1-7-5-3-4-6-8(7)2;1-7-5-3-2-4-6-7;1-2/h4-19H,1H2,2-3H3;3-6H,1-2H3;2-6H,1H3;1-2H3. The highest BCUT2D eigenvalue weighted by Crippen LogP contribution is 2.44. The van der Waals surface area contributed by atoms with Gasteiger partial charge in [-0.2, -0.15) is 0 Å². The Kier molecular flexibility index (Phi) is 10.5. The molecule has 254 valence electrons. The Morgan fingerprint density at radius 1 is 0.471 bits per heavy atom. The summed E-state index contributed by atoms with van der Waals surface area (Å²) in [6.07, 6.45) is 0. The molecule has 9 rings (SSSR count). The summed E-state index contributed by atoms with van der Waals surface area (Å²) in [6, 6.07) is 53.8. The molecule has 0 radical (unpaired) electrons. The summed E-state index contributed by atoms with van der Waals surface area (Å²) >= 11 is 0. The molecule has 0 unspecified atom stereocenters. The van der Waals surface area contributed by atoms with Gasteiger partial charge in [-0.1, -0.05) is 165 Å². The lowest BCUT2D eigenvalue weighted by molar-refractivity contribution is 1.02. The van der Waals surface area contributed by atoms with Crippen molar-refractivity contribution in [1.29, 1.82) is 0 Å². The van der Waals surface area contributed by atoms with Crippen molar-refractivity contribution in [2.75, 3.05) is 0 Å². The Morgan fingerprint density at radius 3 is 1.47 bits per heavy atom. The van der Waals surface area contributed by atoms with Gasteiger partial charge in [0, 0.05) is 28.9 Å². The molecule has 0 amide bonds. The molecule has 2 aromatic heterocycles. The number of allylic oxidation sites excluding steroid dienone is 1. The zero-order valence-electron chi connectivity index (χ0n) is 31.0. The fourth-order valence-corrected chi connectivity index (χ4v) is 6.98. The number of hydrogen-bond acceptors (Lipinski definition) is 0. The average Bonchev–Trinajstić information content (AvgIpc) is 3.67. The van der Waals surface area contributed by atoms with Crippen LogP contribution in [0.5, 0.6) is 0 Å². The van der Waals surface area contributed by atoms with Crippen LogP contribution < -0.4 is 0 Å². The van der Waals surface area contributed by atoms with E-state index in [1.54, 1.807) is 0 Å². The Hall–Kier alpha value is -5.86. The van der Waals surface area contributed by atoms with E-state index in [1.807, 2.05) is 32.0 Å². The quantitative estimate of drug-likeness (QED) is 0.163. The van der Waals surface area contributed by atoms with Crippen LogP contribution in [0.4, 0.5) is 0 Å². The van der Waals surface area contributed by atoms with E-state index in [9.17, 15) is 0 Å². The van der Waals surface area contributed by atoms with Gasteiger partial charge in [-0.15, -0.1) is 0 Å². The van der Waals surface area contributed by atoms with E-state index >= 15 is 0 Å². The van der Waals surface area contributed by atoms with Crippen LogP contribution in [-0.2, 0) is 7.05 Å². The third-order valence-corrected chi connectivity index (χ3v) is 9.65. The molecule has 2 heterocycles. The molecule has 0 aliphatic heterocycles. The van der Waals surface area contributed by atoms with E-state index in [4.69, 9.17) is 0 Å². The van der Waals surface area contributed by atoms with Gasteiger partial charge in [-0.25, -0.2) is 0 Å². The molecular formula is C49H48N2. The zero-order valence-corrected chi connectivity index (χ0v) is 31.0. The molecule has 9 aromatic rings. The van der Waals surface area contributed by atoms with Crippen LogP contribution in [0.15, 0.2) is 158 Å². The number of fused-ring (bicyclic) bond motifs is 10. The summed E-state index contributed by atoms with van der Waals surface area (Å²) in [7, 11) is 2.22. The molecule has 0 bridgehead atoms. The molecule has 0 saturated heterocycles. The zero-order chi connectivity index (χ0) is 36.1. The fraction of sp³-hybridized carbons (Fsp3) is 0.143. The second kappa shape index (κ2) is 15.4. The van der Waals surface area contributed by atoms with Crippen LogP contribution in [0.3, 0.4) is 0 Å². The molecular weight excluding hydrogens is 617 g/mol. The van der Waals surface area contributed by atoms with Crippen molar-refractivity contribution in [2.24, 2.45) is 7.05 Å². The third kappa shape index (κ3) is 6.70. The van der Waals surface area contributed by atoms with Crippen LogP contribution in [0, 0.1) is 20.8 Å². The second-order valence-electron chi connectivity index (χ2n) is 13.0. The highest BCUT2D eigenvalue weighted by atomic mass is 15.1. The number of benzene rings is 7. The molecule has 0 aliphatic carbocycles. The van der Waals surface area contributed by atoms with E-state index < -0.39 is 0 Å². The van der Waals surface area contributed by atoms with Gasteiger partial charge in [-0.3, -0.25) is 0 Å². The largest absolute Gasteiger partial charge is 0.341 e. The SMILES string of the molecule is C=C(C)c1ccc(-n2c3ccccc3c3c2c2c4ccccc4c4ccccc4c2n3C)cc1.CC.Cc1ccccc1.Cc1ccccc1C. The Bertz CT molecular complexity index is 2580. The van der Waals surface area contributed by atoms with E-state index in [0.717, 1.165) is 5.57 Å². The minimum absolute atomic E-state index is 1.08. The summed E-state index contributed by atoms with van der Waals surface area (Å²) < 4.78 is 4.84. The molecule has 0 N–H and O–H groups in total. The molecule has 2 heteroatoms. The minimum Gasteiger partial charge on any atom is -0.341 e. The van der Waals surface area contributed by atoms with Crippen LogP contribution in [0.2, 0.25) is 0 Å². The van der Waals surface area contributed by atoms with E-state index in [2.05, 4.69) is 184 Å². The first kappa shape index (κ1) is 35.0. The molecule has 0 atom stereocenters. The summed E-state index contributed by atoms with van der Waals surface area (Å²) in [5.74, 6) is 0. The Balaban J connectivity index is 0.000000217. The molecule has 0 spiro atoms. The highest BCUT2D eigenvalue weighted by molar-refractivity contribution is 6.34. The first-order valence-electron chi connectivity index (χ1n) is 18.0. The predicted octanol–water partition coefficient (Wildman–Crippen LogP) is 13.9. The lowest BCUT2D eigenvalue weighted by atomic mass is 9.98. The van der Waals surface area contributed by atoms with Crippen molar-refractivity contribution < 1.29 is 0 Å². The van der Waals surface area contributed by atoms with Crippen LogP contribution >= 0.6 is 0 Å². The molecule has 7 aromatic carbocycles. The van der Waals surface area contributed by atoms with E-state index in [1.165, 1.54) is 82.3 Å². The molecule has 0 fully saturated rings. The third-order valence-electron chi connectivity index (χ3n) is 9.65. The van der Waals surface area contributed by atoms with Gasteiger partial charge in [0.25, 0.3) is 0 Å². The van der Waals surface area contributed by atoms with Crippen molar-refractivity contribution in [3.63, 3.8) is 0 Å². The first-order valence-corrected chi connectivity index (χ1v) is 18.0. The lowest BCUT2D eigenvalue weighted by Gasteiger charge is -2.12. The van der Waals surface area contributed by atoms with Crippen LogP contribution in [0.1, 0.15) is 43.0 Å². The van der Waals surface area contributed by atoms with Crippen molar-refractivity contribution in [3.05, 3.63) is 180 Å². The van der Waals surface area contributed by atoms with Crippen molar-refractivity contribution in [3.8, 4) is 5.69 Å². The minimum atomic E-state index is 1.08. The summed E-state index contributed by atoms with van der Waals surface area (Å²) in [6.45, 7) is 16.5. The number of aromatic nitrogens is 2. The topological polar surface area (TPSA) is 9.86 Å². The van der Waals surface area contributed by atoms with Crippen LogP contribution in [-0.4, -0.2) is 9.13 Å². The normalized spacial score (nSPS) is 10.7. The smallest absolute Gasteiger partial charge is 0.0806 e. The van der Waals surface area contributed by atoms with Crippen LogP contribution in [0.25, 0.3) is 65.6 Å². The molecule has 0 aliphatic rings. The number of para-hydroxylation sites is 1. The maximum Gasteiger partial charge on any atom is 0.0806 e. The van der Waals surface area contributed by atoms with Gasteiger partial charge >= 0.3 is 0 Å². The van der Waals surface area contributed by atoms with Gasteiger partial charge in [0.2, 0.25) is 0 Å². The predicted molar refractivity (Wildman–Crippen MR) is 225 cm³/mol. The van der Waals surface area contributed by atoms with Crippen molar-refractivity contribution >= 4 is 60.0 Å². The maximum atomic E-state index is 4.11. The first-order chi connectivity index (χ1) is 24.8. The molecule has 2 nitrogen and oxygen atoms in total. The number of hydrogen-bond donors (Lipinski definition) is 0. The fourth-order valence-electron chi connectivity index (χ4n) is 6.98. The van der Waals surface area contributed by atoms with Gasteiger partial charge in [0.05, 0.1) is 22.1 Å². The second-order valence-corrected chi connectivity index (χ2v) is 13.0. The van der Waals surface area contributed by atoms with Gasteiger partial charge in [0.1, 0.15) is 0 Å². The average molecular weight is 665 g/mol.